The third-order valence-electron chi connectivity index (χ3n) is 6.23. The fourth-order valence-corrected chi connectivity index (χ4v) is 4.01. The zero-order chi connectivity index (χ0) is 27.6. The number of allylic oxidation sites excluding steroid dienone is 2. The van der Waals surface area contributed by atoms with E-state index in [1.807, 2.05) is 32.1 Å². The molecule has 206 valence electrons. The number of halogens is 2. The van der Waals surface area contributed by atoms with Crippen LogP contribution >= 0.6 is 0 Å². The van der Waals surface area contributed by atoms with Crippen molar-refractivity contribution in [1.82, 2.24) is 9.97 Å². The minimum absolute atomic E-state index is 0.0115. The summed E-state index contributed by atoms with van der Waals surface area (Å²) in [6, 6.07) is 0. The maximum absolute atomic E-state index is 13.0. The van der Waals surface area contributed by atoms with Gasteiger partial charge in [-0.25, -0.2) is 13.8 Å². The molecule has 0 spiro atoms. The maximum atomic E-state index is 13.0. The lowest BCUT2D eigenvalue weighted by molar-refractivity contribution is -0.138. The molecular formula is C28H46F2N2O4. The number of Topliss-reactive ketones (excluding diaryl/α,β-unsaturated/α-hetero) is 1. The van der Waals surface area contributed by atoms with E-state index < -0.39 is 24.9 Å². The average Bonchev–Trinajstić information content (AvgIpc) is 3.31. The van der Waals surface area contributed by atoms with Crippen molar-refractivity contribution in [3.8, 4) is 0 Å². The minimum atomic E-state index is -0.949. The number of imidazole rings is 1. The number of methoxy groups -OCH3 is 1. The monoisotopic (exact) mass is 512 g/mol. The first-order valence-corrected chi connectivity index (χ1v) is 12.7. The summed E-state index contributed by atoms with van der Waals surface area (Å²) in [5.74, 6) is 0.530. The molecule has 0 amide bonds. The Morgan fingerprint density at radius 2 is 2.00 bits per heavy atom. The number of hydrogen-bond donors (Lipinski definition) is 2. The van der Waals surface area contributed by atoms with E-state index in [2.05, 4.69) is 16.9 Å². The Morgan fingerprint density at radius 1 is 1.31 bits per heavy atom. The van der Waals surface area contributed by atoms with Gasteiger partial charge in [-0.05, 0) is 50.2 Å². The number of aliphatic hydroxyl groups excluding tert-OH is 1. The molecule has 0 aromatic carbocycles. The molecule has 0 bridgehead atoms. The number of ketones is 1. The van der Waals surface area contributed by atoms with Crippen LogP contribution in [0.1, 0.15) is 84.7 Å². The number of carbonyl (C=O) groups excluding carboxylic acids is 2. The van der Waals surface area contributed by atoms with Crippen LogP contribution in [-0.2, 0) is 21.0 Å². The van der Waals surface area contributed by atoms with E-state index in [1.165, 1.54) is 0 Å². The SMILES string of the molecule is C/C=C\c1cnc(CF)[nH]1.COCC/C=C(/CF)CCCC(C)CC(C)C(=O)C(C)(C)C(O)CC=O. The summed E-state index contributed by atoms with van der Waals surface area (Å²) in [5.41, 5.74) is 0.734. The molecule has 0 radical (unpaired) electrons. The first-order chi connectivity index (χ1) is 17.1. The van der Waals surface area contributed by atoms with Gasteiger partial charge in [-0.1, -0.05) is 46.3 Å². The number of aromatic amines is 1. The Morgan fingerprint density at radius 3 is 2.53 bits per heavy atom. The smallest absolute Gasteiger partial charge is 0.147 e. The van der Waals surface area contributed by atoms with Crippen molar-refractivity contribution in [3.63, 3.8) is 0 Å². The molecule has 0 aliphatic carbocycles. The van der Waals surface area contributed by atoms with Crippen LogP contribution in [-0.4, -0.2) is 53.6 Å². The number of H-pyrrole nitrogens is 1. The van der Waals surface area contributed by atoms with E-state index in [1.54, 1.807) is 27.2 Å². The van der Waals surface area contributed by atoms with Crippen molar-refractivity contribution in [2.75, 3.05) is 20.4 Å². The van der Waals surface area contributed by atoms with E-state index in [-0.39, 0.29) is 18.1 Å². The zero-order valence-corrected chi connectivity index (χ0v) is 22.9. The van der Waals surface area contributed by atoms with Crippen molar-refractivity contribution < 1.29 is 28.2 Å². The molecular weight excluding hydrogens is 466 g/mol. The molecule has 0 saturated carbocycles. The highest BCUT2D eigenvalue weighted by molar-refractivity contribution is 5.87. The van der Waals surface area contributed by atoms with E-state index >= 15 is 0 Å². The summed E-state index contributed by atoms with van der Waals surface area (Å²) >= 11 is 0. The quantitative estimate of drug-likeness (QED) is 0.147. The van der Waals surface area contributed by atoms with Crippen molar-refractivity contribution in [2.45, 2.75) is 85.9 Å². The van der Waals surface area contributed by atoms with Gasteiger partial charge in [0, 0.05) is 31.5 Å². The second kappa shape index (κ2) is 19.0. The van der Waals surface area contributed by atoms with Crippen molar-refractivity contribution in [1.29, 1.82) is 0 Å². The number of rotatable bonds is 17. The summed E-state index contributed by atoms with van der Waals surface area (Å²) in [6.45, 7) is 8.93. The van der Waals surface area contributed by atoms with Crippen molar-refractivity contribution in [3.05, 3.63) is 35.4 Å². The number of nitrogens with one attached hydrogen (secondary N) is 1. The Balaban J connectivity index is 0.00000101. The molecule has 2 N–H and O–H groups in total. The lowest BCUT2D eigenvalue weighted by Crippen LogP contribution is -2.40. The molecule has 6 nitrogen and oxygen atoms in total. The van der Waals surface area contributed by atoms with Gasteiger partial charge in [-0.2, -0.15) is 0 Å². The third-order valence-corrected chi connectivity index (χ3v) is 6.23. The normalized spacial score (nSPS) is 14.8. The summed E-state index contributed by atoms with van der Waals surface area (Å²) in [5, 5.41) is 10.0. The van der Waals surface area contributed by atoms with Gasteiger partial charge in [-0.15, -0.1) is 0 Å². The van der Waals surface area contributed by atoms with E-state index in [4.69, 9.17) is 4.74 Å². The third kappa shape index (κ3) is 13.2. The van der Waals surface area contributed by atoms with Crippen molar-refractivity contribution in [2.24, 2.45) is 17.3 Å². The Labute approximate surface area is 215 Å². The van der Waals surface area contributed by atoms with E-state index in [9.17, 15) is 23.5 Å². The predicted octanol–water partition coefficient (Wildman–Crippen LogP) is 6.21. The molecule has 8 heteroatoms. The molecule has 3 atom stereocenters. The van der Waals surface area contributed by atoms with Gasteiger partial charge >= 0.3 is 0 Å². The number of ether oxygens (including phenoxy) is 1. The number of hydrogen-bond acceptors (Lipinski definition) is 5. The van der Waals surface area contributed by atoms with Gasteiger partial charge in [-0.3, -0.25) is 4.79 Å². The Bertz CT molecular complexity index is 805. The van der Waals surface area contributed by atoms with Crippen LogP contribution in [0.25, 0.3) is 6.08 Å². The van der Waals surface area contributed by atoms with E-state index in [0.717, 1.165) is 43.4 Å². The molecule has 0 aliphatic rings. The minimum Gasteiger partial charge on any atom is -0.392 e. The maximum Gasteiger partial charge on any atom is 0.147 e. The van der Waals surface area contributed by atoms with Gasteiger partial charge in [0.2, 0.25) is 0 Å². The van der Waals surface area contributed by atoms with Gasteiger partial charge in [0.25, 0.3) is 0 Å². The molecule has 1 aromatic heterocycles. The summed E-state index contributed by atoms with van der Waals surface area (Å²) in [6.07, 6.45) is 10.9. The zero-order valence-electron chi connectivity index (χ0n) is 22.9. The van der Waals surface area contributed by atoms with Crippen molar-refractivity contribution >= 4 is 18.1 Å². The van der Waals surface area contributed by atoms with Crippen LogP contribution < -0.4 is 0 Å². The van der Waals surface area contributed by atoms with Crippen LogP contribution in [0.4, 0.5) is 8.78 Å². The lowest BCUT2D eigenvalue weighted by atomic mass is 9.74. The number of aldehydes is 1. The lowest BCUT2D eigenvalue weighted by Gasteiger charge is -2.31. The van der Waals surface area contributed by atoms with E-state index in [0.29, 0.717) is 24.6 Å². The predicted molar refractivity (Wildman–Crippen MR) is 141 cm³/mol. The number of carbonyl (C=O) groups is 2. The molecule has 0 aliphatic heterocycles. The molecule has 1 aromatic rings. The first-order valence-electron chi connectivity index (χ1n) is 12.7. The summed E-state index contributed by atoms with van der Waals surface area (Å²) in [4.78, 5) is 29.8. The number of aliphatic hydroxyl groups is 1. The van der Waals surface area contributed by atoms with Gasteiger partial charge in [0.1, 0.15) is 31.2 Å². The number of alkyl halides is 2. The highest BCUT2D eigenvalue weighted by Gasteiger charge is 2.37. The molecule has 0 saturated heterocycles. The van der Waals surface area contributed by atoms with Crippen LogP contribution in [0.5, 0.6) is 0 Å². The Kier molecular flexibility index (Phi) is 17.8. The standard InChI is InChI=1S/C21H37FO4.C7H9FN2/c1-16(8-6-9-18(15-22)10-7-13-26-5)14-17(2)20(25)21(3,4)19(24)11-12-23;1-2-3-6-5-9-7(4-8)10-6/h10,12,16-17,19,24H,6-9,11,13-15H2,1-5H3;2-3,5H,4H2,1H3,(H,9,10)/b18-10+;3-2-. The molecule has 1 rings (SSSR count). The van der Waals surface area contributed by atoms with Crippen LogP contribution in [0.15, 0.2) is 23.9 Å². The van der Waals surface area contributed by atoms with Crippen LogP contribution in [0.3, 0.4) is 0 Å². The second-order valence-corrected chi connectivity index (χ2v) is 9.83. The Hall–Kier alpha value is -2.19. The number of aromatic nitrogens is 2. The average molecular weight is 513 g/mol. The molecule has 1 heterocycles. The highest BCUT2D eigenvalue weighted by atomic mass is 19.1. The van der Waals surface area contributed by atoms with Crippen LogP contribution in [0.2, 0.25) is 0 Å². The van der Waals surface area contributed by atoms with Gasteiger partial charge in [0.15, 0.2) is 0 Å². The fourth-order valence-electron chi connectivity index (χ4n) is 4.01. The summed E-state index contributed by atoms with van der Waals surface area (Å²) < 4.78 is 29.8. The molecule has 36 heavy (non-hydrogen) atoms. The summed E-state index contributed by atoms with van der Waals surface area (Å²) in [7, 11) is 1.63. The number of nitrogens with zero attached hydrogens (tertiary/aromatic N) is 1. The van der Waals surface area contributed by atoms with Gasteiger partial charge < -0.3 is 19.6 Å². The largest absolute Gasteiger partial charge is 0.392 e. The second-order valence-electron chi connectivity index (χ2n) is 9.83. The van der Waals surface area contributed by atoms with Crippen LogP contribution in [0, 0.1) is 17.3 Å². The van der Waals surface area contributed by atoms with Gasteiger partial charge in [0.05, 0.1) is 18.0 Å². The highest BCUT2D eigenvalue weighted by Crippen LogP contribution is 2.31. The molecule has 3 unspecified atom stereocenters. The first kappa shape index (κ1) is 33.8. The topological polar surface area (TPSA) is 92.3 Å². The molecule has 0 fully saturated rings. The fraction of sp³-hybridized carbons (Fsp3) is 0.679.